The number of amides is 1. The lowest BCUT2D eigenvalue weighted by Gasteiger charge is -2.32. The van der Waals surface area contributed by atoms with Gasteiger partial charge in [-0.2, -0.15) is 9.40 Å². The average Bonchev–Trinajstić information content (AvgIpc) is 3.28. The number of carbonyl (C=O) groups excluding carboxylic acids is 1. The number of benzene rings is 2. The molecule has 2 heterocycles. The molecule has 1 aromatic heterocycles. The van der Waals surface area contributed by atoms with E-state index in [1.165, 1.54) is 4.31 Å². The van der Waals surface area contributed by atoms with Crippen molar-refractivity contribution in [1.82, 2.24) is 19.0 Å². The normalized spacial score (nSPS) is 15.6. The summed E-state index contributed by atoms with van der Waals surface area (Å²) < 4.78 is 29.1. The van der Waals surface area contributed by atoms with Crippen molar-refractivity contribution in [3.05, 3.63) is 78.1 Å². The molecule has 4 rings (SSSR count). The molecule has 1 saturated heterocycles. The fourth-order valence-electron chi connectivity index (χ4n) is 4.03. The van der Waals surface area contributed by atoms with Gasteiger partial charge in [0.1, 0.15) is 0 Å². The molecule has 0 bridgehead atoms. The first-order valence-corrected chi connectivity index (χ1v) is 12.2. The van der Waals surface area contributed by atoms with E-state index in [4.69, 9.17) is 0 Å². The number of rotatable bonds is 6. The van der Waals surface area contributed by atoms with Gasteiger partial charge in [0.15, 0.2) is 0 Å². The molecule has 0 atom stereocenters. The molecule has 1 amide bonds. The maximum absolute atomic E-state index is 13.0. The van der Waals surface area contributed by atoms with Crippen LogP contribution in [0.5, 0.6) is 0 Å². The molecule has 168 valence electrons. The molecule has 0 saturated carbocycles. The molecular formula is C24H28N4O3S. The van der Waals surface area contributed by atoms with Crippen molar-refractivity contribution in [2.24, 2.45) is 5.92 Å². The number of hydrogen-bond acceptors (Lipinski definition) is 4. The van der Waals surface area contributed by atoms with Gasteiger partial charge in [-0.25, -0.2) is 13.1 Å². The number of hydrogen-bond donors (Lipinski definition) is 0. The van der Waals surface area contributed by atoms with E-state index in [1.807, 2.05) is 43.5 Å². The molecule has 0 aliphatic carbocycles. The summed E-state index contributed by atoms with van der Waals surface area (Å²) in [6.45, 7) is 3.10. The molecule has 0 unspecified atom stereocenters. The number of aromatic nitrogens is 2. The minimum Gasteiger partial charge on any atom is -0.341 e. The van der Waals surface area contributed by atoms with E-state index in [-0.39, 0.29) is 11.8 Å². The van der Waals surface area contributed by atoms with Gasteiger partial charge in [0.05, 0.1) is 16.8 Å². The summed E-state index contributed by atoms with van der Waals surface area (Å²) in [7, 11) is -1.73. The van der Waals surface area contributed by atoms with Gasteiger partial charge in [-0.1, -0.05) is 35.9 Å². The summed E-state index contributed by atoms with van der Waals surface area (Å²) >= 11 is 0. The predicted octanol–water partition coefficient (Wildman–Crippen LogP) is 3.24. The van der Waals surface area contributed by atoms with Gasteiger partial charge >= 0.3 is 0 Å². The largest absolute Gasteiger partial charge is 0.341 e. The van der Waals surface area contributed by atoms with Crippen LogP contribution in [0.4, 0.5) is 0 Å². The van der Waals surface area contributed by atoms with Crippen molar-refractivity contribution >= 4 is 15.9 Å². The summed E-state index contributed by atoms with van der Waals surface area (Å²) in [5.41, 5.74) is 2.93. The Kier molecular flexibility index (Phi) is 6.43. The summed E-state index contributed by atoms with van der Waals surface area (Å²) in [6.07, 6.45) is 4.75. The molecule has 1 aliphatic rings. The summed E-state index contributed by atoms with van der Waals surface area (Å²) in [5.74, 6) is -0.126. The maximum Gasteiger partial charge on any atom is 0.243 e. The zero-order chi connectivity index (χ0) is 22.7. The van der Waals surface area contributed by atoms with Crippen LogP contribution < -0.4 is 0 Å². The zero-order valence-electron chi connectivity index (χ0n) is 18.4. The number of piperidine rings is 1. The van der Waals surface area contributed by atoms with Gasteiger partial charge in [0, 0.05) is 44.4 Å². The first kappa shape index (κ1) is 22.2. The fraction of sp³-hybridized carbons (Fsp3) is 0.333. The molecule has 8 heteroatoms. The lowest BCUT2D eigenvalue weighted by molar-refractivity contribution is -0.135. The SMILES string of the molecule is Cc1ccc(S(=O)(=O)N2CCC(C(=O)N(C)Cc3cnn(-c4ccccc4)c3)CC2)cc1. The molecular weight excluding hydrogens is 424 g/mol. The van der Waals surface area contributed by atoms with E-state index in [2.05, 4.69) is 5.10 Å². The van der Waals surface area contributed by atoms with E-state index in [1.54, 1.807) is 47.1 Å². The van der Waals surface area contributed by atoms with Crippen molar-refractivity contribution in [3.63, 3.8) is 0 Å². The molecule has 32 heavy (non-hydrogen) atoms. The lowest BCUT2D eigenvalue weighted by Crippen LogP contribution is -2.43. The number of aryl methyl sites for hydroxylation is 1. The highest BCUT2D eigenvalue weighted by Crippen LogP contribution is 2.25. The third kappa shape index (κ3) is 4.76. The Hall–Kier alpha value is -2.97. The van der Waals surface area contributed by atoms with Crippen LogP contribution in [0.15, 0.2) is 71.9 Å². The standard InChI is InChI=1S/C24H28N4O3S/c1-19-8-10-23(11-9-19)32(30,31)27-14-12-21(13-15-27)24(29)26(2)17-20-16-25-28(18-20)22-6-4-3-5-7-22/h3-11,16,18,21H,12-15,17H2,1-2H3. The quantitative estimate of drug-likeness (QED) is 0.575. The molecule has 2 aromatic carbocycles. The molecule has 0 spiro atoms. The second-order valence-corrected chi connectivity index (χ2v) is 10.3. The van der Waals surface area contributed by atoms with E-state index >= 15 is 0 Å². The summed E-state index contributed by atoms with van der Waals surface area (Å²) in [4.78, 5) is 15.0. The Labute approximate surface area is 189 Å². The first-order valence-electron chi connectivity index (χ1n) is 10.8. The van der Waals surface area contributed by atoms with Crippen LogP contribution >= 0.6 is 0 Å². The van der Waals surface area contributed by atoms with Crippen molar-refractivity contribution in [2.75, 3.05) is 20.1 Å². The van der Waals surface area contributed by atoms with E-state index in [9.17, 15) is 13.2 Å². The Bertz CT molecular complexity index is 1170. The second kappa shape index (κ2) is 9.26. The Morgan fingerprint density at radius 2 is 1.72 bits per heavy atom. The molecule has 3 aromatic rings. The minimum atomic E-state index is -3.52. The Balaban J connectivity index is 1.34. The zero-order valence-corrected chi connectivity index (χ0v) is 19.2. The van der Waals surface area contributed by atoms with E-state index < -0.39 is 10.0 Å². The molecule has 0 radical (unpaired) electrons. The highest BCUT2D eigenvalue weighted by atomic mass is 32.2. The molecule has 0 N–H and O–H groups in total. The monoisotopic (exact) mass is 452 g/mol. The Morgan fingerprint density at radius 1 is 1.06 bits per heavy atom. The number of nitrogens with zero attached hydrogens (tertiary/aromatic N) is 4. The van der Waals surface area contributed by atoms with Gasteiger partial charge in [-0.15, -0.1) is 0 Å². The minimum absolute atomic E-state index is 0.0462. The maximum atomic E-state index is 13.0. The van der Waals surface area contributed by atoms with Crippen LogP contribution in [-0.2, 0) is 21.4 Å². The number of para-hydroxylation sites is 1. The highest BCUT2D eigenvalue weighted by Gasteiger charge is 2.33. The predicted molar refractivity (Wildman–Crippen MR) is 123 cm³/mol. The van der Waals surface area contributed by atoms with Gasteiger partial charge in [0.25, 0.3) is 0 Å². The number of carbonyl (C=O) groups is 1. The van der Waals surface area contributed by atoms with Crippen molar-refractivity contribution in [2.45, 2.75) is 31.2 Å². The molecule has 1 aliphatic heterocycles. The van der Waals surface area contributed by atoms with Crippen LogP contribution in [-0.4, -0.2) is 53.4 Å². The fourth-order valence-corrected chi connectivity index (χ4v) is 5.50. The van der Waals surface area contributed by atoms with Gasteiger partial charge < -0.3 is 4.90 Å². The summed E-state index contributed by atoms with van der Waals surface area (Å²) in [6, 6.07) is 16.7. The average molecular weight is 453 g/mol. The topological polar surface area (TPSA) is 75.5 Å². The van der Waals surface area contributed by atoms with Crippen LogP contribution in [0, 0.1) is 12.8 Å². The van der Waals surface area contributed by atoms with Gasteiger partial charge in [-0.3, -0.25) is 4.79 Å². The third-order valence-corrected chi connectivity index (χ3v) is 7.83. The first-order chi connectivity index (χ1) is 15.3. The Morgan fingerprint density at radius 3 is 2.38 bits per heavy atom. The van der Waals surface area contributed by atoms with Crippen LogP contribution in [0.25, 0.3) is 5.69 Å². The molecule has 7 nitrogen and oxygen atoms in total. The second-order valence-electron chi connectivity index (χ2n) is 8.31. The third-order valence-electron chi connectivity index (χ3n) is 5.91. The van der Waals surface area contributed by atoms with Gasteiger partial charge in [-0.05, 0) is 44.0 Å². The molecule has 1 fully saturated rings. The van der Waals surface area contributed by atoms with Crippen molar-refractivity contribution in [1.29, 1.82) is 0 Å². The smallest absolute Gasteiger partial charge is 0.243 e. The van der Waals surface area contributed by atoms with Gasteiger partial charge in [0.2, 0.25) is 15.9 Å². The van der Waals surface area contributed by atoms with Crippen molar-refractivity contribution < 1.29 is 13.2 Å². The highest BCUT2D eigenvalue weighted by molar-refractivity contribution is 7.89. The van der Waals surface area contributed by atoms with E-state index in [0.717, 1.165) is 16.8 Å². The lowest BCUT2D eigenvalue weighted by atomic mass is 9.96. The van der Waals surface area contributed by atoms with Crippen LogP contribution in [0.2, 0.25) is 0 Å². The number of sulfonamides is 1. The van der Waals surface area contributed by atoms with Crippen LogP contribution in [0.1, 0.15) is 24.0 Å². The van der Waals surface area contributed by atoms with Crippen molar-refractivity contribution in [3.8, 4) is 5.69 Å². The summed E-state index contributed by atoms with van der Waals surface area (Å²) in [5, 5.41) is 4.39. The van der Waals surface area contributed by atoms with Crippen LogP contribution in [0.3, 0.4) is 0 Å². The van der Waals surface area contributed by atoms with E-state index in [0.29, 0.717) is 37.4 Å².